The molecule has 0 radical (unpaired) electrons. The van der Waals surface area contributed by atoms with Crippen LogP contribution >= 0.6 is 23.2 Å². The molecule has 0 aliphatic heterocycles. The lowest BCUT2D eigenvalue weighted by atomic mass is 10.3. The van der Waals surface area contributed by atoms with Crippen LogP contribution < -0.4 is 9.47 Å². The molecule has 26 heavy (non-hydrogen) atoms. The van der Waals surface area contributed by atoms with Crippen LogP contribution in [0.15, 0.2) is 48.5 Å². The quantitative estimate of drug-likeness (QED) is 0.384. The Morgan fingerprint density at radius 2 is 0.962 bits per heavy atom. The standard InChI is InChI=1S/C18H16Cl2O6/c19-13-1-5-15(6-2-13)23-9-11-25-17(21)18(22)26-12-10-24-16-7-3-14(20)4-8-16/h1-8H,9-12H2. The van der Waals surface area contributed by atoms with Crippen molar-refractivity contribution in [2.75, 3.05) is 26.4 Å². The van der Waals surface area contributed by atoms with Crippen LogP contribution in [0.2, 0.25) is 10.0 Å². The third-order valence-corrected chi connectivity index (χ3v) is 3.47. The zero-order valence-electron chi connectivity index (χ0n) is 13.7. The number of esters is 2. The summed E-state index contributed by atoms with van der Waals surface area (Å²) in [6.45, 7) is 0.0241. The molecule has 8 heteroatoms. The topological polar surface area (TPSA) is 71.1 Å². The Hall–Kier alpha value is -2.44. The fourth-order valence-corrected chi connectivity index (χ4v) is 2.02. The lowest BCUT2D eigenvalue weighted by Crippen LogP contribution is -2.24. The molecule has 0 spiro atoms. The molecule has 0 amide bonds. The Morgan fingerprint density at radius 3 is 1.31 bits per heavy atom. The molecule has 2 aromatic carbocycles. The average Bonchev–Trinajstić information content (AvgIpc) is 2.65. The van der Waals surface area contributed by atoms with Gasteiger partial charge >= 0.3 is 11.9 Å². The van der Waals surface area contributed by atoms with Crippen LogP contribution in [0, 0.1) is 0 Å². The van der Waals surface area contributed by atoms with Gasteiger partial charge in [0.15, 0.2) is 0 Å². The summed E-state index contributed by atoms with van der Waals surface area (Å²) >= 11 is 11.5. The van der Waals surface area contributed by atoms with Crippen LogP contribution in [-0.2, 0) is 19.1 Å². The molecule has 2 rings (SSSR count). The number of carbonyl (C=O) groups is 2. The first-order valence-corrected chi connectivity index (χ1v) is 8.41. The highest BCUT2D eigenvalue weighted by molar-refractivity contribution is 6.31. The summed E-state index contributed by atoms with van der Waals surface area (Å²) in [6.07, 6.45) is 0. The van der Waals surface area contributed by atoms with Crippen LogP contribution in [0.25, 0.3) is 0 Å². The molecule has 0 N–H and O–H groups in total. The first kappa shape index (κ1) is 19.9. The molecule has 0 unspecified atom stereocenters. The number of carbonyl (C=O) groups excluding carboxylic acids is 2. The minimum absolute atomic E-state index is 0.0855. The monoisotopic (exact) mass is 398 g/mol. The second-order valence-corrected chi connectivity index (χ2v) is 5.75. The van der Waals surface area contributed by atoms with Gasteiger partial charge in [0.25, 0.3) is 0 Å². The Labute approximate surface area is 160 Å². The Balaban J connectivity index is 1.56. The Kier molecular flexibility index (Phi) is 8.05. The molecular weight excluding hydrogens is 383 g/mol. The maximum Gasteiger partial charge on any atom is 0.417 e. The largest absolute Gasteiger partial charge is 0.490 e. The smallest absolute Gasteiger partial charge is 0.417 e. The van der Waals surface area contributed by atoms with Crippen molar-refractivity contribution in [2.45, 2.75) is 0 Å². The van der Waals surface area contributed by atoms with E-state index in [4.69, 9.17) is 42.1 Å². The first-order chi connectivity index (χ1) is 12.5. The number of rotatable bonds is 8. The SMILES string of the molecule is O=C(OCCOc1ccc(Cl)cc1)C(=O)OCCOc1ccc(Cl)cc1. The van der Waals surface area contributed by atoms with Gasteiger partial charge in [0.2, 0.25) is 0 Å². The lowest BCUT2D eigenvalue weighted by Gasteiger charge is -2.08. The maximum absolute atomic E-state index is 11.5. The van der Waals surface area contributed by atoms with Crippen molar-refractivity contribution in [1.29, 1.82) is 0 Å². The van der Waals surface area contributed by atoms with E-state index in [1.54, 1.807) is 48.5 Å². The van der Waals surface area contributed by atoms with Crippen molar-refractivity contribution in [3.63, 3.8) is 0 Å². The molecule has 0 aliphatic carbocycles. The molecule has 0 saturated carbocycles. The van der Waals surface area contributed by atoms with Gasteiger partial charge in [-0.05, 0) is 48.5 Å². The van der Waals surface area contributed by atoms with Crippen molar-refractivity contribution >= 4 is 35.1 Å². The molecule has 0 aliphatic rings. The second-order valence-electron chi connectivity index (χ2n) is 4.88. The highest BCUT2D eigenvalue weighted by atomic mass is 35.5. The first-order valence-electron chi connectivity index (χ1n) is 7.65. The van der Waals surface area contributed by atoms with Gasteiger partial charge in [-0.2, -0.15) is 0 Å². The zero-order chi connectivity index (χ0) is 18.8. The van der Waals surface area contributed by atoms with Gasteiger partial charge in [-0.15, -0.1) is 0 Å². The molecular formula is C18H16Cl2O6. The highest BCUT2D eigenvalue weighted by Crippen LogP contribution is 2.16. The summed E-state index contributed by atoms with van der Waals surface area (Å²) in [7, 11) is 0. The Morgan fingerprint density at radius 1 is 0.615 bits per heavy atom. The molecule has 2 aromatic rings. The van der Waals surface area contributed by atoms with Crippen molar-refractivity contribution < 1.29 is 28.5 Å². The van der Waals surface area contributed by atoms with E-state index >= 15 is 0 Å². The van der Waals surface area contributed by atoms with Gasteiger partial charge in [-0.3, -0.25) is 0 Å². The van der Waals surface area contributed by atoms with Crippen LogP contribution in [0.3, 0.4) is 0 Å². The maximum atomic E-state index is 11.5. The van der Waals surface area contributed by atoms with Crippen LogP contribution in [0.5, 0.6) is 11.5 Å². The highest BCUT2D eigenvalue weighted by Gasteiger charge is 2.17. The molecule has 138 valence electrons. The summed E-state index contributed by atoms with van der Waals surface area (Å²) in [5, 5.41) is 1.18. The lowest BCUT2D eigenvalue weighted by molar-refractivity contribution is -0.168. The predicted octanol–water partition coefficient (Wildman–Crippen LogP) is 3.54. The van der Waals surface area contributed by atoms with Gasteiger partial charge in [-0.25, -0.2) is 9.59 Å². The molecule has 0 bridgehead atoms. The minimum atomic E-state index is -1.09. The molecule has 0 aromatic heterocycles. The van der Waals surface area contributed by atoms with Crippen LogP contribution in [-0.4, -0.2) is 38.4 Å². The summed E-state index contributed by atoms with van der Waals surface area (Å²) < 4.78 is 20.2. The second kappa shape index (κ2) is 10.5. The van der Waals surface area contributed by atoms with E-state index in [-0.39, 0.29) is 26.4 Å². The van der Waals surface area contributed by atoms with E-state index in [0.29, 0.717) is 21.5 Å². The summed E-state index contributed by atoms with van der Waals surface area (Å²) in [5.74, 6) is -1.02. The van der Waals surface area contributed by atoms with Crippen molar-refractivity contribution in [3.8, 4) is 11.5 Å². The van der Waals surface area contributed by atoms with Gasteiger partial charge in [0, 0.05) is 10.0 Å². The predicted molar refractivity (Wildman–Crippen MR) is 95.8 cm³/mol. The van der Waals surface area contributed by atoms with Gasteiger partial charge in [0.1, 0.15) is 37.9 Å². The van der Waals surface area contributed by atoms with E-state index < -0.39 is 11.9 Å². The van der Waals surface area contributed by atoms with E-state index in [1.165, 1.54) is 0 Å². The third-order valence-electron chi connectivity index (χ3n) is 2.96. The summed E-state index contributed by atoms with van der Waals surface area (Å²) in [6, 6.07) is 13.4. The molecule has 0 heterocycles. The van der Waals surface area contributed by atoms with E-state index in [2.05, 4.69) is 0 Å². The van der Waals surface area contributed by atoms with Gasteiger partial charge in [0.05, 0.1) is 0 Å². The molecule has 0 fully saturated rings. The minimum Gasteiger partial charge on any atom is -0.490 e. The number of benzene rings is 2. The number of hydrogen-bond acceptors (Lipinski definition) is 6. The average molecular weight is 399 g/mol. The van der Waals surface area contributed by atoms with Crippen molar-refractivity contribution in [2.24, 2.45) is 0 Å². The van der Waals surface area contributed by atoms with E-state index in [0.717, 1.165) is 0 Å². The summed E-state index contributed by atoms with van der Waals surface area (Å²) in [5.41, 5.74) is 0. The van der Waals surface area contributed by atoms with Crippen molar-refractivity contribution in [1.82, 2.24) is 0 Å². The fourth-order valence-electron chi connectivity index (χ4n) is 1.77. The number of halogens is 2. The summed E-state index contributed by atoms with van der Waals surface area (Å²) in [4.78, 5) is 23.0. The zero-order valence-corrected chi connectivity index (χ0v) is 15.2. The van der Waals surface area contributed by atoms with Crippen LogP contribution in [0.1, 0.15) is 0 Å². The fraction of sp³-hybridized carbons (Fsp3) is 0.222. The van der Waals surface area contributed by atoms with Gasteiger partial charge < -0.3 is 18.9 Å². The number of ether oxygens (including phenoxy) is 4. The van der Waals surface area contributed by atoms with E-state index in [1.807, 2.05) is 0 Å². The molecule has 0 saturated heterocycles. The van der Waals surface area contributed by atoms with Crippen LogP contribution in [0.4, 0.5) is 0 Å². The normalized spacial score (nSPS) is 10.1. The van der Waals surface area contributed by atoms with Gasteiger partial charge in [-0.1, -0.05) is 23.2 Å². The Bertz CT molecular complexity index is 652. The molecule has 0 atom stereocenters. The van der Waals surface area contributed by atoms with Crippen molar-refractivity contribution in [3.05, 3.63) is 58.6 Å². The number of hydrogen-bond donors (Lipinski definition) is 0. The molecule has 6 nitrogen and oxygen atoms in total. The third kappa shape index (κ3) is 7.21. The van der Waals surface area contributed by atoms with E-state index in [9.17, 15) is 9.59 Å².